The number of carbonyl (C=O) groups is 1. The van der Waals surface area contributed by atoms with Crippen LogP contribution in [-0.2, 0) is 0 Å². The molecule has 5 heteroatoms. The summed E-state index contributed by atoms with van der Waals surface area (Å²) in [5.41, 5.74) is 1.16. The molecule has 1 unspecified atom stereocenters. The average Bonchev–Trinajstić information content (AvgIpc) is 2.64. The molecule has 0 aliphatic heterocycles. The summed E-state index contributed by atoms with van der Waals surface area (Å²) in [7, 11) is 0. The van der Waals surface area contributed by atoms with Crippen molar-refractivity contribution in [2.45, 2.75) is 32.8 Å². The molecule has 1 rings (SSSR count). The third kappa shape index (κ3) is 4.28. The van der Waals surface area contributed by atoms with Gasteiger partial charge in [-0.2, -0.15) is 0 Å². The molecule has 0 aromatic carbocycles. The predicted octanol–water partition coefficient (Wildman–Crippen LogP) is 1.67. The zero-order valence-electron chi connectivity index (χ0n) is 9.86. The van der Waals surface area contributed by atoms with Crippen LogP contribution in [0.2, 0.25) is 0 Å². The summed E-state index contributed by atoms with van der Waals surface area (Å²) in [6.45, 7) is 6.06. The number of rotatable bonds is 5. The molecule has 1 atom stereocenters. The summed E-state index contributed by atoms with van der Waals surface area (Å²) in [4.78, 5) is 15.5. The molecule has 1 amide bonds. The SMILES string of the molecule is CC(C)CC(C)(O)CNC(=O)c1cscn1. The van der Waals surface area contributed by atoms with Gasteiger partial charge in [0.15, 0.2) is 0 Å². The zero-order chi connectivity index (χ0) is 12.2. The first-order valence-corrected chi connectivity index (χ1v) is 6.24. The predicted molar refractivity (Wildman–Crippen MR) is 64.5 cm³/mol. The first-order valence-electron chi connectivity index (χ1n) is 5.29. The Bertz CT molecular complexity index is 334. The van der Waals surface area contributed by atoms with Crippen LogP contribution in [0.15, 0.2) is 10.9 Å². The summed E-state index contributed by atoms with van der Waals surface area (Å²) < 4.78 is 0. The van der Waals surface area contributed by atoms with Gasteiger partial charge in [-0.1, -0.05) is 13.8 Å². The van der Waals surface area contributed by atoms with Crippen molar-refractivity contribution in [1.29, 1.82) is 0 Å². The summed E-state index contributed by atoms with van der Waals surface area (Å²) >= 11 is 1.38. The minimum atomic E-state index is -0.861. The van der Waals surface area contributed by atoms with Crippen LogP contribution in [0.4, 0.5) is 0 Å². The van der Waals surface area contributed by atoms with Crippen molar-refractivity contribution >= 4 is 17.2 Å². The Labute approximate surface area is 99.7 Å². The van der Waals surface area contributed by atoms with Crippen LogP contribution >= 0.6 is 11.3 Å². The van der Waals surface area contributed by atoms with Gasteiger partial charge in [-0.25, -0.2) is 4.98 Å². The number of nitrogens with zero attached hydrogens (tertiary/aromatic N) is 1. The molecule has 0 saturated heterocycles. The van der Waals surface area contributed by atoms with Crippen molar-refractivity contribution < 1.29 is 9.90 Å². The summed E-state index contributed by atoms with van der Waals surface area (Å²) in [5.74, 6) is 0.163. The van der Waals surface area contributed by atoms with Gasteiger partial charge in [-0.15, -0.1) is 11.3 Å². The molecule has 0 spiro atoms. The lowest BCUT2D eigenvalue weighted by molar-refractivity contribution is 0.0367. The molecule has 0 aliphatic carbocycles. The molecule has 0 radical (unpaired) electrons. The van der Waals surface area contributed by atoms with E-state index in [0.29, 0.717) is 18.0 Å². The van der Waals surface area contributed by atoms with Gasteiger partial charge < -0.3 is 10.4 Å². The highest BCUT2D eigenvalue weighted by molar-refractivity contribution is 7.07. The van der Waals surface area contributed by atoms with E-state index in [2.05, 4.69) is 10.3 Å². The van der Waals surface area contributed by atoms with Gasteiger partial charge >= 0.3 is 0 Å². The van der Waals surface area contributed by atoms with Gasteiger partial charge in [0.2, 0.25) is 0 Å². The monoisotopic (exact) mass is 242 g/mol. The van der Waals surface area contributed by atoms with E-state index in [0.717, 1.165) is 0 Å². The standard InChI is InChI=1S/C11H18N2O2S/c1-8(2)4-11(3,15)6-12-10(14)9-5-16-7-13-9/h5,7-8,15H,4,6H2,1-3H3,(H,12,14). The van der Waals surface area contributed by atoms with Gasteiger partial charge in [-0.3, -0.25) is 4.79 Å². The smallest absolute Gasteiger partial charge is 0.270 e. The molecule has 0 bridgehead atoms. The Hall–Kier alpha value is -0.940. The van der Waals surface area contributed by atoms with Gasteiger partial charge in [0.1, 0.15) is 5.69 Å². The third-order valence-electron chi connectivity index (χ3n) is 2.14. The quantitative estimate of drug-likeness (QED) is 0.825. The number of amides is 1. The number of nitrogens with one attached hydrogen (secondary N) is 1. The maximum atomic E-state index is 11.6. The fraction of sp³-hybridized carbons (Fsp3) is 0.636. The van der Waals surface area contributed by atoms with Crippen molar-refractivity contribution in [3.63, 3.8) is 0 Å². The van der Waals surface area contributed by atoms with Crippen LogP contribution in [-0.4, -0.2) is 28.1 Å². The highest BCUT2D eigenvalue weighted by Gasteiger charge is 2.23. The van der Waals surface area contributed by atoms with Crippen molar-refractivity contribution in [1.82, 2.24) is 10.3 Å². The molecular formula is C11H18N2O2S. The number of aliphatic hydroxyl groups is 1. The lowest BCUT2D eigenvalue weighted by Gasteiger charge is -2.25. The second-order valence-corrected chi connectivity index (χ2v) is 5.37. The molecule has 2 N–H and O–H groups in total. The first-order chi connectivity index (χ1) is 7.41. The van der Waals surface area contributed by atoms with E-state index in [4.69, 9.17) is 0 Å². The van der Waals surface area contributed by atoms with Crippen molar-refractivity contribution in [2.75, 3.05) is 6.54 Å². The molecule has 1 heterocycles. The van der Waals surface area contributed by atoms with E-state index < -0.39 is 5.60 Å². The van der Waals surface area contributed by atoms with Crippen molar-refractivity contribution in [3.05, 3.63) is 16.6 Å². The van der Waals surface area contributed by atoms with Crippen LogP contribution in [0.25, 0.3) is 0 Å². The van der Waals surface area contributed by atoms with E-state index in [1.807, 2.05) is 13.8 Å². The van der Waals surface area contributed by atoms with Gasteiger partial charge in [0.05, 0.1) is 11.1 Å². The Kier molecular flexibility index (Phi) is 4.44. The molecule has 4 nitrogen and oxygen atoms in total. The molecule has 0 fully saturated rings. The maximum absolute atomic E-state index is 11.6. The lowest BCUT2D eigenvalue weighted by atomic mass is 9.94. The molecular weight excluding hydrogens is 224 g/mol. The first kappa shape index (κ1) is 13.1. The number of aromatic nitrogens is 1. The van der Waals surface area contributed by atoms with E-state index in [1.54, 1.807) is 17.8 Å². The third-order valence-corrected chi connectivity index (χ3v) is 2.73. The van der Waals surface area contributed by atoms with Crippen LogP contribution < -0.4 is 5.32 Å². The van der Waals surface area contributed by atoms with Crippen molar-refractivity contribution in [3.8, 4) is 0 Å². The van der Waals surface area contributed by atoms with Crippen LogP contribution in [0.1, 0.15) is 37.7 Å². The molecule has 90 valence electrons. The Balaban J connectivity index is 2.42. The van der Waals surface area contributed by atoms with E-state index >= 15 is 0 Å². The molecule has 16 heavy (non-hydrogen) atoms. The molecule has 1 aromatic rings. The minimum absolute atomic E-state index is 0.231. The van der Waals surface area contributed by atoms with Gasteiger partial charge in [0, 0.05) is 11.9 Å². The molecule has 1 aromatic heterocycles. The highest BCUT2D eigenvalue weighted by Crippen LogP contribution is 2.15. The highest BCUT2D eigenvalue weighted by atomic mass is 32.1. The Morgan fingerprint density at radius 2 is 2.38 bits per heavy atom. The number of hydrogen-bond donors (Lipinski definition) is 2. The van der Waals surface area contributed by atoms with Crippen molar-refractivity contribution in [2.24, 2.45) is 5.92 Å². The Morgan fingerprint density at radius 3 is 2.88 bits per heavy atom. The van der Waals surface area contributed by atoms with E-state index in [-0.39, 0.29) is 12.5 Å². The van der Waals surface area contributed by atoms with Crippen LogP contribution in [0.3, 0.4) is 0 Å². The zero-order valence-corrected chi connectivity index (χ0v) is 10.7. The fourth-order valence-electron chi connectivity index (χ4n) is 1.64. The fourth-order valence-corrected chi connectivity index (χ4v) is 2.17. The summed E-state index contributed by atoms with van der Waals surface area (Å²) in [6.07, 6.45) is 0.657. The number of thiazole rings is 1. The molecule has 0 aliphatic rings. The summed E-state index contributed by atoms with van der Waals surface area (Å²) in [5, 5.41) is 14.4. The second kappa shape index (κ2) is 5.41. The van der Waals surface area contributed by atoms with E-state index in [1.165, 1.54) is 11.3 Å². The summed E-state index contributed by atoms with van der Waals surface area (Å²) in [6, 6.07) is 0. The topological polar surface area (TPSA) is 62.2 Å². The minimum Gasteiger partial charge on any atom is -0.388 e. The average molecular weight is 242 g/mol. The normalized spacial score (nSPS) is 14.8. The van der Waals surface area contributed by atoms with Crippen LogP contribution in [0, 0.1) is 5.92 Å². The Morgan fingerprint density at radius 1 is 1.69 bits per heavy atom. The molecule has 0 saturated carbocycles. The maximum Gasteiger partial charge on any atom is 0.270 e. The van der Waals surface area contributed by atoms with Gasteiger partial charge in [0.25, 0.3) is 5.91 Å². The number of hydrogen-bond acceptors (Lipinski definition) is 4. The second-order valence-electron chi connectivity index (χ2n) is 4.65. The number of carbonyl (C=O) groups excluding carboxylic acids is 1. The van der Waals surface area contributed by atoms with Gasteiger partial charge in [-0.05, 0) is 19.3 Å². The largest absolute Gasteiger partial charge is 0.388 e. The van der Waals surface area contributed by atoms with Crippen LogP contribution in [0.5, 0.6) is 0 Å². The van der Waals surface area contributed by atoms with E-state index in [9.17, 15) is 9.90 Å². The lowest BCUT2D eigenvalue weighted by Crippen LogP contribution is -2.41.